The Hall–Kier alpha value is -4.41. The summed E-state index contributed by atoms with van der Waals surface area (Å²) < 4.78 is 0. The van der Waals surface area contributed by atoms with Gasteiger partial charge in [0.15, 0.2) is 11.3 Å². The van der Waals surface area contributed by atoms with Crippen molar-refractivity contribution in [1.82, 2.24) is 30.2 Å². The number of hydrogen-bond donors (Lipinski definition) is 1. The molecule has 3 aromatic rings. The van der Waals surface area contributed by atoms with E-state index in [1.807, 2.05) is 26.0 Å². The number of fused-ring (bicyclic) bond motifs is 2. The lowest BCUT2D eigenvalue weighted by atomic mass is 9.81. The number of nitrogens with one attached hydrogen (secondary N) is 1. The number of likely N-dealkylation sites (tertiary alicyclic amines) is 1. The van der Waals surface area contributed by atoms with E-state index in [1.54, 1.807) is 35.8 Å². The largest absolute Gasteiger partial charge is 0.347 e. The Bertz CT molecular complexity index is 1560. The lowest BCUT2D eigenvalue weighted by Crippen LogP contribution is -2.49. The Morgan fingerprint density at radius 2 is 1.75 bits per heavy atom. The molecule has 1 saturated heterocycles. The molecule has 0 radical (unpaired) electrons. The molecule has 0 spiro atoms. The van der Waals surface area contributed by atoms with Crippen LogP contribution in [0.4, 0.5) is 5.69 Å². The van der Waals surface area contributed by atoms with Crippen LogP contribution in [0.15, 0.2) is 53.2 Å². The highest BCUT2D eigenvalue weighted by molar-refractivity contribution is 5.98. The van der Waals surface area contributed by atoms with Crippen LogP contribution in [0.2, 0.25) is 0 Å². The smallest absolute Gasteiger partial charge is 0.243 e. The van der Waals surface area contributed by atoms with E-state index in [9.17, 15) is 14.4 Å². The molecule has 2 aliphatic heterocycles. The number of amides is 2. The Balaban J connectivity index is 1.29. The Morgan fingerprint density at radius 1 is 1.02 bits per heavy atom. The lowest BCUT2D eigenvalue weighted by Gasteiger charge is -2.30. The standard InChI is InChI=1S/C29H30N8O3/c1-16-8-19(20-13-32-18(3)33-14-20)9-21-26(16)35-36-29(21,17(2)38)12-25(39)37-22(10-28(4)11-23(28)37)27(40)34-15-24-30-6-5-7-31-24/h5-9,13-14,22-23H,10-12,15H2,1-4H3,(H,34,40)/t22-,23+,28-,29?/m0/s1. The number of piperidine rings is 1. The summed E-state index contributed by atoms with van der Waals surface area (Å²) in [5, 5.41) is 11.7. The topological polar surface area (TPSA) is 143 Å². The van der Waals surface area contributed by atoms with Crippen LogP contribution < -0.4 is 5.32 Å². The number of carbonyl (C=O) groups excluding carboxylic acids is 3. The quantitative estimate of drug-likeness (QED) is 0.485. The van der Waals surface area contributed by atoms with Crippen molar-refractivity contribution in [3.63, 3.8) is 0 Å². The minimum Gasteiger partial charge on any atom is -0.347 e. The predicted molar refractivity (Wildman–Crippen MR) is 144 cm³/mol. The molecule has 2 fully saturated rings. The molecular formula is C29H30N8O3. The number of hydrogen-bond acceptors (Lipinski definition) is 9. The maximum absolute atomic E-state index is 14.0. The van der Waals surface area contributed by atoms with Gasteiger partial charge in [-0.2, -0.15) is 10.2 Å². The molecule has 1 saturated carbocycles. The van der Waals surface area contributed by atoms with Crippen molar-refractivity contribution in [2.75, 3.05) is 0 Å². The molecule has 3 aliphatic rings. The molecule has 11 nitrogen and oxygen atoms in total. The molecular weight excluding hydrogens is 508 g/mol. The Labute approximate surface area is 231 Å². The van der Waals surface area contributed by atoms with Crippen molar-refractivity contribution in [3.8, 4) is 11.1 Å². The third-order valence-corrected chi connectivity index (χ3v) is 8.44. The van der Waals surface area contributed by atoms with E-state index >= 15 is 0 Å². The number of nitrogens with zero attached hydrogens (tertiary/aromatic N) is 7. The van der Waals surface area contributed by atoms with Crippen molar-refractivity contribution in [2.45, 2.75) is 71.1 Å². The molecule has 2 aromatic heterocycles. The summed E-state index contributed by atoms with van der Waals surface area (Å²) in [5.41, 5.74) is 2.04. The van der Waals surface area contributed by atoms with Gasteiger partial charge < -0.3 is 10.2 Å². The number of carbonyl (C=O) groups is 3. The first-order chi connectivity index (χ1) is 19.1. The van der Waals surface area contributed by atoms with Crippen molar-refractivity contribution in [2.24, 2.45) is 15.6 Å². The average Bonchev–Trinajstić information content (AvgIpc) is 3.29. The van der Waals surface area contributed by atoms with Crippen molar-refractivity contribution < 1.29 is 14.4 Å². The molecule has 4 heterocycles. The summed E-state index contributed by atoms with van der Waals surface area (Å²) in [6.07, 6.45) is 7.88. The van der Waals surface area contributed by atoms with E-state index in [2.05, 4.69) is 42.4 Å². The third-order valence-electron chi connectivity index (χ3n) is 8.44. The van der Waals surface area contributed by atoms with Gasteiger partial charge in [-0.25, -0.2) is 19.9 Å². The summed E-state index contributed by atoms with van der Waals surface area (Å²) in [6.45, 7) is 7.42. The second kappa shape index (κ2) is 9.35. The van der Waals surface area contributed by atoms with Crippen LogP contribution in [0.5, 0.6) is 0 Å². The summed E-state index contributed by atoms with van der Waals surface area (Å²) in [7, 11) is 0. The minimum atomic E-state index is -1.47. The van der Waals surface area contributed by atoms with E-state index in [-0.39, 0.29) is 42.0 Å². The molecule has 2 amide bonds. The number of benzene rings is 1. The van der Waals surface area contributed by atoms with Crippen LogP contribution in [-0.2, 0) is 26.5 Å². The molecule has 11 heteroatoms. The van der Waals surface area contributed by atoms with E-state index in [0.717, 1.165) is 23.1 Å². The van der Waals surface area contributed by atoms with E-state index < -0.39 is 11.6 Å². The van der Waals surface area contributed by atoms with Crippen molar-refractivity contribution in [1.29, 1.82) is 0 Å². The number of aromatic nitrogens is 4. The average molecular weight is 539 g/mol. The summed E-state index contributed by atoms with van der Waals surface area (Å²) in [4.78, 5) is 59.1. The van der Waals surface area contributed by atoms with Gasteiger partial charge in [0, 0.05) is 42.0 Å². The van der Waals surface area contributed by atoms with Crippen LogP contribution in [0.1, 0.15) is 55.9 Å². The highest BCUT2D eigenvalue weighted by Crippen LogP contribution is 2.60. The molecule has 4 atom stereocenters. The molecule has 1 N–H and O–H groups in total. The van der Waals surface area contributed by atoms with Crippen LogP contribution in [0.3, 0.4) is 0 Å². The van der Waals surface area contributed by atoms with Crippen LogP contribution in [0.25, 0.3) is 11.1 Å². The number of rotatable bonds is 7. The Kier molecular flexibility index (Phi) is 6.04. The van der Waals surface area contributed by atoms with E-state index in [1.165, 1.54) is 6.92 Å². The molecule has 1 unspecified atom stereocenters. The third kappa shape index (κ3) is 4.25. The fourth-order valence-corrected chi connectivity index (χ4v) is 6.02. The second-order valence-corrected chi connectivity index (χ2v) is 11.3. The van der Waals surface area contributed by atoms with Crippen LogP contribution >= 0.6 is 0 Å². The van der Waals surface area contributed by atoms with Crippen molar-refractivity contribution in [3.05, 3.63) is 65.8 Å². The number of ketones is 1. The fraction of sp³-hybridized carbons (Fsp3) is 0.414. The zero-order chi connectivity index (χ0) is 28.2. The lowest BCUT2D eigenvalue weighted by molar-refractivity contribution is -0.142. The van der Waals surface area contributed by atoms with E-state index in [4.69, 9.17) is 0 Å². The highest BCUT2D eigenvalue weighted by atomic mass is 16.2. The number of aryl methyl sites for hydroxylation is 2. The van der Waals surface area contributed by atoms with Crippen LogP contribution in [0, 0.1) is 19.3 Å². The SMILES string of the molecule is CC(=O)C1(CC(=O)N2[C@H](C(=O)NCc3ncccn3)C[C@@]3(C)C[C@@H]23)N=Nc2c(C)cc(-c3cnc(C)nc3)cc21. The summed E-state index contributed by atoms with van der Waals surface area (Å²) >= 11 is 0. The molecule has 0 bridgehead atoms. The second-order valence-electron chi connectivity index (χ2n) is 11.3. The summed E-state index contributed by atoms with van der Waals surface area (Å²) in [5.74, 6) is 0.331. The van der Waals surface area contributed by atoms with Gasteiger partial charge in [0.05, 0.1) is 18.7 Å². The van der Waals surface area contributed by atoms with Gasteiger partial charge in [-0.15, -0.1) is 0 Å². The fourth-order valence-electron chi connectivity index (χ4n) is 6.02. The van der Waals surface area contributed by atoms with Gasteiger partial charge in [0.25, 0.3) is 0 Å². The first kappa shape index (κ1) is 25.8. The molecule has 1 aromatic carbocycles. The molecule has 6 rings (SSSR count). The zero-order valence-corrected chi connectivity index (χ0v) is 22.9. The Morgan fingerprint density at radius 3 is 2.45 bits per heavy atom. The van der Waals surface area contributed by atoms with Gasteiger partial charge >= 0.3 is 0 Å². The number of azo groups is 1. The summed E-state index contributed by atoms with van der Waals surface area (Å²) in [6, 6.07) is 4.83. The van der Waals surface area contributed by atoms with Gasteiger partial charge in [-0.3, -0.25) is 14.4 Å². The molecule has 1 aliphatic carbocycles. The minimum absolute atomic E-state index is 0.0525. The van der Waals surface area contributed by atoms with Gasteiger partial charge in [0.2, 0.25) is 11.8 Å². The van der Waals surface area contributed by atoms with Gasteiger partial charge in [0.1, 0.15) is 17.7 Å². The highest BCUT2D eigenvalue weighted by Gasteiger charge is 2.65. The molecule has 204 valence electrons. The number of Topliss-reactive ketones (excluding diaryl/α,β-unsaturated/α-hetero) is 1. The monoisotopic (exact) mass is 538 g/mol. The molecule has 40 heavy (non-hydrogen) atoms. The van der Waals surface area contributed by atoms with Gasteiger partial charge in [-0.05, 0) is 68.4 Å². The first-order valence-corrected chi connectivity index (χ1v) is 13.3. The maximum Gasteiger partial charge on any atom is 0.243 e. The van der Waals surface area contributed by atoms with Crippen molar-refractivity contribution >= 4 is 23.3 Å². The van der Waals surface area contributed by atoms with Crippen LogP contribution in [-0.4, -0.2) is 54.5 Å². The van der Waals surface area contributed by atoms with E-state index in [0.29, 0.717) is 29.3 Å². The maximum atomic E-state index is 14.0. The van der Waals surface area contributed by atoms with Gasteiger partial charge in [-0.1, -0.05) is 6.92 Å². The normalized spacial score (nSPS) is 25.9. The first-order valence-electron chi connectivity index (χ1n) is 13.3. The zero-order valence-electron chi connectivity index (χ0n) is 22.9. The predicted octanol–water partition coefficient (Wildman–Crippen LogP) is 3.52.